The van der Waals surface area contributed by atoms with Crippen molar-refractivity contribution in [3.8, 4) is 11.4 Å². The number of benzene rings is 2. The lowest BCUT2D eigenvalue weighted by Crippen LogP contribution is -2.18. The second-order valence-corrected chi connectivity index (χ2v) is 7.08. The third-order valence-electron chi connectivity index (χ3n) is 5.12. The number of carbonyl (C=O) groups excluding carboxylic acids is 1. The summed E-state index contributed by atoms with van der Waals surface area (Å²) < 4.78 is 17.5. The molecule has 0 saturated heterocycles. The fraction of sp³-hybridized carbons (Fsp3) is 0. The van der Waals surface area contributed by atoms with E-state index < -0.39 is 11.7 Å². The predicted molar refractivity (Wildman–Crippen MR) is 121 cm³/mol. The van der Waals surface area contributed by atoms with Crippen LogP contribution in [0.3, 0.4) is 0 Å². The van der Waals surface area contributed by atoms with Gasteiger partial charge in [0, 0.05) is 35.4 Å². The topological polar surface area (TPSA) is 81.8 Å². The van der Waals surface area contributed by atoms with Crippen LogP contribution in [0.2, 0.25) is 0 Å². The van der Waals surface area contributed by atoms with Gasteiger partial charge < -0.3 is 5.32 Å². The smallest absolute Gasteiger partial charge is 0.255 e. The van der Waals surface area contributed by atoms with Crippen molar-refractivity contribution >= 4 is 33.4 Å². The Balaban J connectivity index is 1.81. The van der Waals surface area contributed by atoms with Crippen LogP contribution in [0, 0.1) is 5.82 Å². The highest BCUT2D eigenvalue weighted by Gasteiger charge is 2.14. The Hall–Kier alpha value is -4.59. The summed E-state index contributed by atoms with van der Waals surface area (Å²) >= 11 is 0. The van der Waals surface area contributed by atoms with Gasteiger partial charge in [-0.1, -0.05) is 6.58 Å². The standard InChI is InChI=1S/C24H16FN5O2/c1-2-22(31)28-21-13-17(5-7-19(21)25)30-23(32)9-4-15-14-26-20-8-6-16(12-18(20)24(15)30)29-11-3-10-27-29/h2-14H,1H2,(H,28,31). The molecular weight excluding hydrogens is 409 g/mol. The van der Waals surface area contributed by atoms with Gasteiger partial charge in [-0.15, -0.1) is 0 Å². The number of pyridine rings is 2. The number of fused-ring (bicyclic) bond motifs is 3. The lowest BCUT2D eigenvalue weighted by Gasteiger charge is -2.14. The van der Waals surface area contributed by atoms with Crippen molar-refractivity contribution < 1.29 is 9.18 Å². The van der Waals surface area contributed by atoms with Crippen molar-refractivity contribution in [1.29, 1.82) is 0 Å². The zero-order valence-electron chi connectivity index (χ0n) is 16.7. The fourth-order valence-corrected chi connectivity index (χ4v) is 3.65. The molecule has 0 aliphatic heterocycles. The first kappa shape index (κ1) is 19.4. The van der Waals surface area contributed by atoms with Crippen LogP contribution in [-0.4, -0.2) is 25.2 Å². The summed E-state index contributed by atoms with van der Waals surface area (Å²) in [6.07, 6.45) is 6.23. The van der Waals surface area contributed by atoms with Crippen LogP contribution in [0.4, 0.5) is 10.1 Å². The fourth-order valence-electron chi connectivity index (χ4n) is 3.65. The highest BCUT2D eigenvalue weighted by atomic mass is 19.1. The lowest BCUT2D eigenvalue weighted by atomic mass is 10.1. The van der Waals surface area contributed by atoms with E-state index in [1.54, 1.807) is 23.1 Å². The summed E-state index contributed by atoms with van der Waals surface area (Å²) in [6, 6.07) is 14.7. The Morgan fingerprint density at radius 3 is 2.72 bits per heavy atom. The maximum absolute atomic E-state index is 14.3. The molecule has 8 heteroatoms. The first-order chi connectivity index (χ1) is 15.5. The molecule has 3 heterocycles. The Labute approximate surface area is 181 Å². The van der Waals surface area contributed by atoms with Gasteiger partial charge in [-0.3, -0.25) is 19.1 Å². The van der Waals surface area contributed by atoms with E-state index in [2.05, 4.69) is 22.0 Å². The minimum absolute atomic E-state index is 0.0492. The third-order valence-corrected chi connectivity index (χ3v) is 5.12. The molecule has 0 aliphatic rings. The normalized spacial score (nSPS) is 11.0. The van der Waals surface area contributed by atoms with Crippen LogP contribution in [0.15, 0.2) is 90.6 Å². The summed E-state index contributed by atoms with van der Waals surface area (Å²) in [5, 5.41) is 8.16. The minimum Gasteiger partial charge on any atom is -0.320 e. The Morgan fingerprint density at radius 1 is 1.09 bits per heavy atom. The van der Waals surface area contributed by atoms with E-state index in [9.17, 15) is 14.0 Å². The van der Waals surface area contributed by atoms with Gasteiger partial charge in [0.25, 0.3) is 5.56 Å². The largest absolute Gasteiger partial charge is 0.320 e. The number of halogens is 1. The van der Waals surface area contributed by atoms with Gasteiger partial charge in [-0.05, 0) is 54.6 Å². The molecule has 7 nitrogen and oxygen atoms in total. The molecule has 0 bridgehead atoms. The van der Waals surface area contributed by atoms with E-state index in [1.807, 2.05) is 30.5 Å². The molecule has 0 saturated carbocycles. The molecule has 0 aliphatic carbocycles. The van der Waals surface area contributed by atoms with Crippen LogP contribution in [-0.2, 0) is 4.79 Å². The van der Waals surface area contributed by atoms with E-state index >= 15 is 0 Å². The number of rotatable bonds is 4. The van der Waals surface area contributed by atoms with Gasteiger partial charge in [0.1, 0.15) is 5.82 Å². The molecule has 0 unspecified atom stereocenters. The number of amides is 1. The van der Waals surface area contributed by atoms with E-state index in [4.69, 9.17) is 0 Å². The van der Waals surface area contributed by atoms with Gasteiger partial charge in [0.15, 0.2) is 0 Å². The number of nitrogens with one attached hydrogen (secondary N) is 1. The molecule has 2 aromatic carbocycles. The average Bonchev–Trinajstić information content (AvgIpc) is 3.35. The quantitative estimate of drug-likeness (QED) is 0.349. The molecule has 3 aromatic heterocycles. The molecule has 156 valence electrons. The first-order valence-electron chi connectivity index (χ1n) is 9.73. The molecule has 0 radical (unpaired) electrons. The molecule has 0 spiro atoms. The zero-order chi connectivity index (χ0) is 22.2. The summed E-state index contributed by atoms with van der Waals surface area (Å²) in [4.78, 5) is 29.2. The van der Waals surface area contributed by atoms with Crippen molar-refractivity contribution in [1.82, 2.24) is 19.3 Å². The highest BCUT2D eigenvalue weighted by molar-refractivity contribution is 6.04. The van der Waals surface area contributed by atoms with Crippen LogP contribution in [0.1, 0.15) is 0 Å². The predicted octanol–water partition coefficient (Wildman–Crippen LogP) is 3.99. The lowest BCUT2D eigenvalue weighted by molar-refractivity contribution is -0.111. The second kappa shape index (κ2) is 7.59. The zero-order valence-corrected chi connectivity index (χ0v) is 16.7. The highest BCUT2D eigenvalue weighted by Crippen LogP contribution is 2.28. The van der Waals surface area contributed by atoms with Gasteiger partial charge in [-0.25, -0.2) is 9.07 Å². The summed E-state index contributed by atoms with van der Waals surface area (Å²) in [7, 11) is 0. The van der Waals surface area contributed by atoms with Crippen LogP contribution < -0.4 is 10.9 Å². The molecule has 5 rings (SSSR count). The van der Waals surface area contributed by atoms with Gasteiger partial charge in [0.05, 0.1) is 28.1 Å². The van der Waals surface area contributed by atoms with E-state index in [-0.39, 0.29) is 11.2 Å². The van der Waals surface area contributed by atoms with Crippen LogP contribution in [0.5, 0.6) is 0 Å². The Kier molecular flexibility index (Phi) is 4.59. The number of aromatic nitrogens is 4. The maximum atomic E-state index is 14.3. The number of hydrogen-bond acceptors (Lipinski definition) is 4. The first-order valence-corrected chi connectivity index (χ1v) is 9.73. The molecule has 0 fully saturated rings. The van der Waals surface area contributed by atoms with Gasteiger partial charge in [0.2, 0.25) is 5.91 Å². The number of anilines is 1. The van der Waals surface area contributed by atoms with Crippen molar-refractivity contribution in [2.24, 2.45) is 0 Å². The molecule has 5 aromatic rings. The minimum atomic E-state index is -0.621. The van der Waals surface area contributed by atoms with Gasteiger partial charge in [-0.2, -0.15) is 5.10 Å². The van der Waals surface area contributed by atoms with Crippen molar-refractivity contribution in [3.63, 3.8) is 0 Å². The average molecular weight is 425 g/mol. The number of nitrogens with zero attached hydrogens (tertiary/aromatic N) is 4. The molecule has 1 N–H and O–H groups in total. The van der Waals surface area contributed by atoms with Crippen LogP contribution in [0.25, 0.3) is 33.2 Å². The third kappa shape index (κ3) is 3.24. The van der Waals surface area contributed by atoms with E-state index in [0.717, 1.165) is 22.5 Å². The maximum Gasteiger partial charge on any atom is 0.255 e. The number of hydrogen-bond donors (Lipinski definition) is 1. The van der Waals surface area contributed by atoms with Crippen molar-refractivity contribution in [2.75, 3.05) is 5.32 Å². The summed E-state index contributed by atoms with van der Waals surface area (Å²) in [5.41, 5.74) is 2.16. The Morgan fingerprint density at radius 2 is 1.94 bits per heavy atom. The number of carbonyl (C=O) groups is 1. The van der Waals surface area contributed by atoms with Crippen LogP contribution >= 0.6 is 0 Å². The molecule has 1 amide bonds. The molecular formula is C24H16FN5O2. The van der Waals surface area contributed by atoms with Crippen molar-refractivity contribution in [3.05, 3.63) is 102 Å². The van der Waals surface area contributed by atoms with E-state index in [0.29, 0.717) is 16.7 Å². The van der Waals surface area contributed by atoms with Crippen molar-refractivity contribution in [2.45, 2.75) is 0 Å². The SMILES string of the molecule is C=CC(=O)Nc1cc(-n2c(=O)ccc3cnc4ccc(-n5cccn5)cc4c32)ccc1F. The van der Waals surface area contributed by atoms with Gasteiger partial charge >= 0.3 is 0 Å². The summed E-state index contributed by atoms with van der Waals surface area (Å²) in [5.74, 6) is -1.17. The summed E-state index contributed by atoms with van der Waals surface area (Å²) in [6.45, 7) is 3.38. The monoisotopic (exact) mass is 425 g/mol. The second-order valence-electron chi connectivity index (χ2n) is 7.08. The Bertz CT molecular complexity index is 1570. The molecule has 0 atom stereocenters. The van der Waals surface area contributed by atoms with E-state index in [1.165, 1.54) is 28.8 Å². The molecule has 32 heavy (non-hydrogen) atoms.